The zero-order valence-electron chi connectivity index (χ0n) is 19.5. The van der Waals surface area contributed by atoms with Crippen molar-refractivity contribution in [2.45, 2.75) is 148 Å². The van der Waals surface area contributed by atoms with E-state index < -0.39 is 0 Å². The lowest BCUT2D eigenvalue weighted by molar-refractivity contribution is 0.147. The Morgan fingerprint density at radius 3 is 1.43 bits per heavy atom. The van der Waals surface area contributed by atoms with Gasteiger partial charge in [-0.3, -0.25) is 0 Å². The summed E-state index contributed by atoms with van der Waals surface area (Å²) in [5, 5.41) is 10.1. The fourth-order valence-corrected chi connectivity index (χ4v) is 3.67. The molecule has 1 heteroatoms. The Hall–Kier alpha value is -0.560. The molecule has 1 N–H and O–H groups in total. The summed E-state index contributed by atoms with van der Waals surface area (Å²) in [4.78, 5) is 0. The van der Waals surface area contributed by atoms with Crippen LogP contribution >= 0.6 is 0 Å². The molecule has 0 saturated carbocycles. The second-order valence-corrected chi connectivity index (χ2v) is 8.58. The number of aliphatic hydroxyl groups excluding tert-OH is 1. The molecule has 0 aliphatic carbocycles. The van der Waals surface area contributed by atoms with Crippen molar-refractivity contribution < 1.29 is 5.11 Å². The highest BCUT2D eigenvalue weighted by Crippen LogP contribution is 2.14. The minimum absolute atomic E-state index is 0.0444. The molecule has 0 aromatic heterocycles. The van der Waals surface area contributed by atoms with Gasteiger partial charge in [0.25, 0.3) is 0 Å². The second kappa shape index (κ2) is 24.5. The molecular formula is C27H52O. The van der Waals surface area contributed by atoms with Crippen LogP contribution in [0.5, 0.6) is 0 Å². The van der Waals surface area contributed by atoms with Gasteiger partial charge in [-0.05, 0) is 44.9 Å². The van der Waals surface area contributed by atoms with Crippen molar-refractivity contribution in [1.82, 2.24) is 0 Å². The molecule has 0 fully saturated rings. The molecule has 0 amide bonds. The van der Waals surface area contributed by atoms with Gasteiger partial charge in [-0.2, -0.15) is 0 Å². The van der Waals surface area contributed by atoms with Crippen molar-refractivity contribution in [2.24, 2.45) is 0 Å². The third kappa shape index (κ3) is 23.5. The lowest BCUT2D eigenvalue weighted by Gasteiger charge is -2.10. The molecule has 28 heavy (non-hydrogen) atoms. The van der Waals surface area contributed by atoms with E-state index in [1.165, 1.54) is 109 Å². The molecule has 1 atom stereocenters. The molecule has 0 bridgehead atoms. The van der Waals surface area contributed by atoms with E-state index in [9.17, 15) is 5.11 Å². The molecule has 0 radical (unpaired) electrons. The quantitative estimate of drug-likeness (QED) is 0.144. The fraction of sp³-hybridized carbons (Fsp3) is 0.852. The van der Waals surface area contributed by atoms with Crippen LogP contribution in [0.15, 0.2) is 24.3 Å². The maximum Gasteiger partial charge on any atom is 0.0540 e. The van der Waals surface area contributed by atoms with E-state index in [1.54, 1.807) is 0 Å². The normalized spacial score (nSPS) is 13.1. The molecule has 0 aromatic carbocycles. The van der Waals surface area contributed by atoms with Gasteiger partial charge >= 0.3 is 0 Å². The van der Waals surface area contributed by atoms with E-state index in [4.69, 9.17) is 0 Å². The predicted molar refractivity (Wildman–Crippen MR) is 128 cm³/mol. The van der Waals surface area contributed by atoms with Gasteiger partial charge in [-0.15, -0.1) is 0 Å². The zero-order valence-corrected chi connectivity index (χ0v) is 19.5. The van der Waals surface area contributed by atoms with Crippen LogP contribution in [0, 0.1) is 0 Å². The summed E-state index contributed by atoms with van der Waals surface area (Å²) in [5.74, 6) is 0. The minimum atomic E-state index is -0.0444. The molecule has 0 aliphatic heterocycles. The highest BCUT2D eigenvalue weighted by Gasteiger charge is 2.03. The molecule has 0 aromatic rings. The molecule has 0 heterocycles. The number of rotatable bonds is 22. The fourth-order valence-electron chi connectivity index (χ4n) is 3.67. The Balaban J connectivity index is 3.23. The Bertz CT molecular complexity index is 331. The predicted octanol–water partition coefficient (Wildman–Crippen LogP) is 9.30. The van der Waals surface area contributed by atoms with Crippen molar-refractivity contribution >= 4 is 0 Å². The van der Waals surface area contributed by atoms with Crippen molar-refractivity contribution in [2.75, 3.05) is 0 Å². The van der Waals surface area contributed by atoms with Crippen LogP contribution in [-0.2, 0) is 0 Å². The number of unbranched alkanes of at least 4 members (excludes halogenated alkanes) is 14. The highest BCUT2D eigenvalue weighted by atomic mass is 16.3. The summed E-state index contributed by atoms with van der Waals surface area (Å²) < 4.78 is 0. The Kier molecular flexibility index (Phi) is 24.0. The van der Waals surface area contributed by atoms with Gasteiger partial charge in [-0.25, -0.2) is 0 Å². The van der Waals surface area contributed by atoms with Gasteiger partial charge in [0.2, 0.25) is 0 Å². The maximum absolute atomic E-state index is 10.1. The monoisotopic (exact) mass is 392 g/mol. The SMILES string of the molecule is CCCCC/C=C\C/C=C\CCCCCCCCC(O)CCCCCCCC. The standard InChI is InChI=1S/C27H52O/c1-3-5-7-9-11-12-13-14-15-16-17-18-19-20-22-24-26-27(28)25-23-21-10-8-6-4-2/h11-12,14-15,27-28H,3-10,13,16-26H2,1-2H3/b12-11-,15-14-. The molecule has 0 spiro atoms. The van der Waals surface area contributed by atoms with Crippen molar-refractivity contribution in [3.8, 4) is 0 Å². The van der Waals surface area contributed by atoms with Gasteiger partial charge in [0.1, 0.15) is 0 Å². The summed E-state index contributed by atoms with van der Waals surface area (Å²) >= 11 is 0. The van der Waals surface area contributed by atoms with E-state index in [-0.39, 0.29) is 6.10 Å². The van der Waals surface area contributed by atoms with Crippen LogP contribution in [0.3, 0.4) is 0 Å². The molecule has 1 unspecified atom stereocenters. The van der Waals surface area contributed by atoms with Crippen LogP contribution in [0.4, 0.5) is 0 Å². The van der Waals surface area contributed by atoms with Crippen LogP contribution in [0.2, 0.25) is 0 Å². The van der Waals surface area contributed by atoms with E-state index in [1.807, 2.05) is 0 Å². The van der Waals surface area contributed by atoms with Gasteiger partial charge in [0.15, 0.2) is 0 Å². The molecule has 1 nitrogen and oxygen atoms in total. The molecule has 0 saturated heterocycles. The first-order chi connectivity index (χ1) is 13.8. The molecule has 166 valence electrons. The maximum atomic E-state index is 10.1. The number of allylic oxidation sites excluding steroid dienone is 4. The number of aliphatic hydroxyl groups is 1. The van der Waals surface area contributed by atoms with Crippen molar-refractivity contribution in [1.29, 1.82) is 0 Å². The van der Waals surface area contributed by atoms with Crippen LogP contribution in [0.1, 0.15) is 142 Å². The largest absolute Gasteiger partial charge is 0.393 e. The average Bonchev–Trinajstić information content (AvgIpc) is 2.70. The highest BCUT2D eigenvalue weighted by molar-refractivity contribution is 4.92. The second-order valence-electron chi connectivity index (χ2n) is 8.58. The molecule has 0 rings (SSSR count). The van der Waals surface area contributed by atoms with Crippen LogP contribution in [-0.4, -0.2) is 11.2 Å². The van der Waals surface area contributed by atoms with Crippen LogP contribution < -0.4 is 0 Å². The van der Waals surface area contributed by atoms with Gasteiger partial charge < -0.3 is 5.11 Å². The summed E-state index contributed by atoms with van der Waals surface area (Å²) in [6.07, 6.45) is 34.8. The third-order valence-corrected chi connectivity index (χ3v) is 5.63. The molecule has 0 aliphatic rings. The van der Waals surface area contributed by atoms with E-state index in [0.29, 0.717) is 0 Å². The lowest BCUT2D eigenvalue weighted by Crippen LogP contribution is -2.05. The van der Waals surface area contributed by atoms with Crippen LogP contribution in [0.25, 0.3) is 0 Å². The summed E-state index contributed by atoms with van der Waals surface area (Å²) in [6.45, 7) is 4.52. The Morgan fingerprint density at radius 1 is 0.500 bits per heavy atom. The topological polar surface area (TPSA) is 20.2 Å². The van der Waals surface area contributed by atoms with Gasteiger partial charge in [0, 0.05) is 0 Å². The van der Waals surface area contributed by atoms with Gasteiger partial charge in [-0.1, -0.05) is 122 Å². The smallest absolute Gasteiger partial charge is 0.0540 e. The van der Waals surface area contributed by atoms with E-state index in [2.05, 4.69) is 38.2 Å². The Labute approximate surface area is 178 Å². The van der Waals surface area contributed by atoms with Crippen molar-refractivity contribution in [3.05, 3.63) is 24.3 Å². The molecular weight excluding hydrogens is 340 g/mol. The summed E-state index contributed by atoms with van der Waals surface area (Å²) in [6, 6.07) is 0. The summed E-state index contributed by atoms with van der Waals surface area (Å²) in [7, 11) is 0. The third-order valence-electron chi connectivity index (χ3n) is 5.63. The van der Waals surface area contributed by atoms with Crippen molar-refractivity contribution in [3.63, 3.8) is 0 Å². The van der Waals surface area contributed by atoms with E-state index >= 15 is 0 Å². The first kappa shape index (κ1) is 27.4. The number of hydrogen-bond acceptors (Lipinski definition) is 1. The average molecular weight is 393 g/mol. The minimum Gasteiger partial charge on any atom is -0.393 e. The lowest BCUT2D eigenvalue weighted by atomic mass is 10.0. The first-order valence-corrected chi connectivity index (χ1v) is 12.8. The van der Waals surface area contributed by atoms with E-state index in [0.717, 1.165) is 19.3 Å². The number of hydrogen-bond donors (Lipinski definition) is 1. The first-order valence-electron chi connectivity index (χ1n) is 12.8. The Morgan fingerprint density at radius 2 is 0.893 bits per heavy atom. The summed E-state index contributed by atoms with van der Waals surface area (Å²) in [5.41, 5.74) is 0. The van der Waals surface area contributed by atoms with Gasteiger partial charge in [0.05, 0.1) is 6.10 Å². The zero-order chi connectivity index (χ0) is 20.5.